The molecule has 0 aromatic carbocycles. The predicted molar refractivity (Wildman–Crippen MR) is 281 cm³/mol. The van der Waals surface area contributed by atoms with Crippen molar-refractivity contribution in [2.24, 2.45) is 0 Å². The zero-order valence-corrected chi connectivity index (χ0v) is 44.8. The van der Waals surface area contributed by atoms with Gasteiger partial charge in [0.15, 0.2) is 6.10 Å². The first-order valence-electron chi connectivity index (χ1n) is 28.5. The number of carboxylic acid groups (broad SMARTS) is 1. The van der Waals surface area contributed by atoms with Crippen LogP contribution in [0.1, 0.15) is 271 Å². The third kappa shape index (κ3) is 51.4. The molecule has 0 fully saturated rings. The third-order valence-electron chi connectivity index (χ3n) is 12.7. The van der Waals surface area contributed by atoms with E-state index in [1.165, 1.54) is 199 Å². The number of ether oxygens (including phenoxy) is 4. The number of carbonyl (C=O) groups is 3. The molecule has 0 rings (SSSR count). The average Bonchev–Trinajstić information content (AvgIpc) is 3.29. The predicted octanol–water partition coefficient (Wildman–Crippen LogP) is 16.3. The second-order valence-electron chi connectivity index (χ2n) is 20.6. The lowest BCUT2D eigenvalue weighted by Crippen LogP contribution is -2.40. The molecular weight excluding hydrogens is 839 g/mol. The van der Waals surface area contributed by atoms with Gasteiger partial charge in [0.2, 0.25) is 0 Å². The molecule has 0 aromatic heterocycles. The summed E-state index contributed by atoms with van der Waals surface area (Å²) in [6, 6.07) is 0. The standard InChI is InChI=1S/C58H109NO8/c1-6-8-10-12-14-16-18-19-20-21-22-23-24-25-26-27-28-29-30-31-32-33-34-35-36-37-39-41-43-45-47-49-56(61)67-54(53-66-58(57(62)63)64-51-50-59(3,4)5)52-65-55(60)48-46-44-42-40-38-17-15-13-11-9-7-2/h18-19,21-22,54,58H,6-17,20,23-53H2,1-5H3/p+1/b19-18-,22-21-. The van der Waals surface area contributed by atoms with Crippen LogP contribution in [-0.4, -0.2) is 87.4 Å². The Bertz CT molecular complexity index is 1150. The first kappa shape index (κ1) is 64.8. The van der Waals surface area contributed by atoms with E-state index in [9.17, 15) is 19.5 Å². The number of quaternary nitrogens is 1. The Morgan fingerprint density at radius 1 is 0.448 bits per heavy atom. The normalized spacial score (nSPS) is 12.9. The second kappa shape index (κ2) is 50.2. The summed E-state index contributed by atoms with van der Waals surface area (Å²) >= 11 is 0. The molecule has 0 aromatic rings. The Morgan fingerprint density at radius 2 is 0.806 bits per heavy atom. The Balaban J connectivity index is 4.05. The van der Waals surface area contributed by atoms with Gasteiger partial charge >= 0.3 is 17.9 Å². The van der Waals surface area contributed by atoms with E-state index >= 15 is 0 Å². The number of esters is 2. The fourth-order valence-electron chi connectivity index (χ4n) is 8.28. The summed E-state index contributed by atoms with van der Waals surface area (Å²) in [4.78, 5) is 37.2. The quantitative estimate of drug-likeness (QED) is 0.0211. The average molecular weight is 950 g/mol. The van der Waals surface area contributed by atoms with Crippen LogP contribution in [0.4, 0.5) is 0 Å². The van der Waals surface area contributed by atoms with Crippen molar-refractivity contribution in [1.82, 2.24) is 0 Å². The van der Waals surface area contributed by atoms with Gasteiger partial charge in [-0.2, -0.15) is 0 Å². The van der Waals surface area contributed by atoms with Crippen molar-refractivity contribution in [3.05, 3.63) is 24.3 Å². The van der Waals surface area contributed by atoms with Crippen molar-refractivity contribution in [2.45, 2.75) is 283 Å². The second-order valence-corrected chi connectivity index (χ2v) is 20.6. The molecule has 394 valence electrons. The molecule has 0 saturated carbocycles. The first-order chi connectivity index (χ1) is 32.6. The number of carboxylic acids is 1. The number of hydrogen-bond donors (Lipinski definition) is 1. The smallest absolute Gasteiger partial charge is 0.361 e. The number of aliphatic carboxylic acids is 1. The summed E-state index contributed by atoms with van der Waals surface area (Å²) in [7, 11) is 5.97. The maximum atomic E-state index is 12.8. The first-order valence-corrected chi connectivity index (χ1v) is 28.5. The van der Waals surface area contributed by atoms with E-state index in [4.69, 9.17) is 18.9 Å². The summed E-state index contributed by atoms with van der Waals surface area (Å²) in [6.45, 7) is 4.89. The van der Waals surface area contributed by atoms with E-state index in [1.807, 2.05) is 21.1 Å². The molecule has 0 bridgehead atoms. The minimum absolute atomic E-state index is 0.176. The highest BCUT2D eigenvalue weighted by molar-refractivity contribution is 5.71. The monoisotopic (exact) mass is 949 g/mol. The van der Waals surface area contributed by atoms with Gasteiger partial charge in [0.1, 0.15) is 13.2 Å². The molecule has 67 heavy (non-hydrogen) atoms. The number of likely N-dealkylation sites (N-methyl/N-ethyl adjacent to an activating group) is 1. The minimum atomic E-state index is -1.50. The number of hydrogen-bond acceptors (Lipinski definition) is 7. The molecule has 0 heterocycles. The van der Waals surface area contributed by atoms with Gasteiger partial charge in [-0.3, -0.25) is 9.59 Å². The van der Waals surface area contributed by atoms with Gasteiger partial charge in [0, 0.05) is 12.8 Å². The van der Waals surface area contributed by atoms with Crippen LogP contribution >= 0.6 is 0 Å². The molecule has 9 nitrogen and oxygen atoms in total. The lowest BCUT2D eigenvalue weighted by Gasteiger charge is -2.25. The van der Waals surface area contributed by atoms with Gasteiger partial charge < -0.3 is 28.5 Å². The largest absolute Gasteiger partial charge is 0.477 e. The highest BCUT2D eigenvalue weighted by atomic mass is 16.7. The van der Waals surface area contributed by atoms with E-state index < -0.39 is 18.4 Å². The van der Waals surface area contributed by atoms with E-state index in [1.54, 1.807) is 0 Å². The summed E-state index contributed by atoms with van der Waals surface area (Å²) < 4.78 is 22.8. The lowest BCUT2D eigenvalue weighted by atomic mass is 10.0. The fraction of sp³-hybridized carbons (Fsp3) is 0.879. The molecule has 0 amide bonds. The van der Waals surface area contributed by atoms with Crippen molar-refractivity contribution in [1.29, 1.82) is 0 Å². The topological polar surface area (TPSA) is 108 Å². The number of allylic oxidation sites excluding steroid dienone is 4. The van der Waals surface area contributed by atoms with Crippen LogP contribution in [0.5, 0.6) is 0 Å². The molecule has 0 radical (unpaired) electrons. The summed E-state index contributed by atoms with van der Waals surface area (Å²) in [5.41, 5.74) is 0. The SMILES string of the molecule is CCCCCCC/C=C\C/C=C\CCCCCCCCCCCCCCCCCCCCCC(=O)OC(COC(=O)CCCCCCCCCCCCC)COC(OCC[N+](C)(C)C)C(=O)O. The molecule has 0 aliphatic rings. The minimum Gasteiger partial charge on any atom is -0.477 e. The zero-order valence-electron chi connectivity index (χ0n) is 44.8. The van der Waals surface area contributed by atoms with Crippen LogP contribution in [0.15, 0.2) is 24.3 Å². The third-order valence-corrected chi connectivity index (χ3v) is 12.7. The van der Waals surface area contributed by atoms with Crippen molar-refractivity contribution in [2.75, 3.05) is 47.5 Å². The van der Waals surface area contributed by atoms with Crippen LogP contribution in [0, 0.1) is 0 Å². The van der Waals surface area contributed by atoms with Crippen molar-refractivity contribution < 1.29 is 42.9 Å². The van der Waals surface area contributed by atoms with Gasteiger partial charge in [-0.25, -0.2) is 4.79 Å². The van der Waals surface area contributed by atoms with E-state index in [2.05, 4.69) is 38.2 Å². The van der Waals surface area contributed by atoms with Crippen LogP contribution in [-0.2, 0) is 33.3 Å². The highest BCUT2D eigenvalue weighted by Crippen LogP contribution is 2.17. The molecule has 2 atom stereocenters. The van der Waals surface area contributed by atoms with Gasteiger partial charge in [-0.05, 0) is 44.9 Å². The number of nitrogens with zero attached hydrogens (tertiary/aromatic N) is 1. The molecule has 0 saturated heterocycles. The number of unbranched alkanes of at least 4 members (excludes halogenated alkanes) is 34. The van der Waals surface area contributed by atoms with E-state index in [-0.39, 0.29) is 38.2 Å². The molecule has 0 aliphatic heterocycles. The number of rotatable bonds is 53. The Morgan fingerprint density at radius 3 is 1.18 bits per heavy atom. The maximum absolute atomic E-state index is 12.8. The van der Waals surface area contributed by atoms with Crippen molar-refractivity contribution in [3.63, 3.8) is 0 Å². The van der Waals surface area contributed by atoms with Crippen molar-refractivity contribution >= 4 is 17.9 Å². The van der Waals surface area contributed by atoms with E-state index in [0.717, 1.165) is 44.9 Å². The summed E-state index contributed by atoms with van der Waals surface area (Å²) in [5, 5.41) is 9.67. The molecule has 0 aliphatic carbocycles. The molecule has 0 spiro atoms. The van der Waals surface area contributed by atoms with Gasteiger partial charge in [0.25, 0.3) is 6.29 Å². The van der Waals surface area contributed by atoms with Crippen LogP contribution in [0.25, 0.3) is 0 Å². The molecule has 1 N–H and O–H groups in total. The molecular formula is C58H110NO8+. The van der Waals surface area contributed by atoms with Crippen LogP contribution < -0.4 is 0 Å². The summed E-state index contributed by atoms with van der Waals surface area (Å²) in [6.07, 6.45) is 55.6. The van der Waals surface area contributed by atoms with Gasteiger partial charge in [-0.15, -0.1) is 0 Å². The van der Waals surface area contributed by atoms with E-state index in [0.29, 0.717) is 17.4 Å². The molecule has 9 heteroatoms. The highest BCUT2D eigenvalue weighted by Gasteiger charge is 2.25. The van der Waals surface area contributed by atoms with Gasteiger partial charge in [0.05, 0.1) is 34.4 Å². The van der Waals surface area contributed by atoms with Crippen LogP contribution in [0.2, 0.25) is 0 Å². The maximum Gasteiger partial charge on any atom is 0.361 e. The Kier molecular flexibility index (Phi) is 48.5. The Labute approximate surface area is 414 Å². The fourth-order valence-corrected chi connectivity index (χ4v) is 8.28. The lowest BCUT2D eigenvalue weighted by molar-refractivity contribution is -0.870. The number of carbonyl (C=O) groups excluding carboxylic acids is 2. The Hall–Kier alpha value is -2.23. The summed E-state index contributed by atoms with van der Waals surface area (Å²) in [5.74, 6) is -1.99. The zero-order chi connectivity index (χ0) is 49.2. The van der Waals surface area contributed by atoms with Crippen molar-refractivity contribution in [3.8, 4) is 0 Å². The van der Waals surface area contributed by atoms with Crippen LogP contribution in [0.3, 0.4) is 0 Å². The molecule has 2 unspecified atom stereocenters. The van der Waals surface area contributed by atoms with Gasteiger partial charge in [-0.1, -0.05) is 237 Å².